The van der Waals surface area contributed by atoms with Crippen molar-refractivity contribution in [2.24, 2.45) is 11.8 Å². The number of hydrogen-bond acceptors (Lipinski definition) is 4. The van der Waals surface area contributed by atoms with E-state index in [4.69, 9.17) is 0 Å². The highest BCUT2D eigenvalue weighted by atomic mass is 16.3. The molecule has 0 spiro atoms. The number of fused-ring (bicyclic) bond motifs is 3. The summed E-state index contributed by atoms with van der Waals surface area (Å²) in [5.41, 5.74) is 2.43. The second-order valence-electron chi connectivity index (χ2n) is 6.99. The summed E-state index contributed by atoms with van der Waals surface area (Å²) in [6.07, 6.45) is 3.01. The van der Waals surface area contributed by atoms with Crippen LogP contribution < -0.4 is 0 Å². The third kappa shape index (κ3) is 2.68. The van der Waals surface area contributed by atoms with Crippen molar-refractivity contribution in [3.8, 4) is 5.75 Å². The SMILES string of the molecule is CC(C)CC1CN2CCc3cc(O)c(C=O)cc3C2CC1=O. The Bertz CT molecular complexity index is 609. The lowest BCUT2D eigenvalue weighted by Gasteiger charge is -2.43. The third-order valence-corrected chi connectivity index (χ3v) is 4.94. The molecule has 2 unspecified atom stereocenters. The Morgan fingerprint density at radius 1 is 1.41 bits per heavy atom. The van der Waals surface area contributed by atoms with E-state index in [0.717, 1.165) is 37.1 Å². The average molecular weight is 301 g/mol. The van der Waals surface area contributed by atoms with Crippen molar-refractivity contribution in [2.75, 3.05) is 13.1 Å². The Kier molecular flexibility index (Phi) is 4.04. The Hall–Kier alpha value is -1.68. The van der Waals surface area contributed by atoms with Crippen molar-refractivity contribution in [3.63, 3.8) is 0 Å². The fraction of sp³-hybridized carbons (Fsp3) is 0.556. The van der Waals surface area contributed by atoms with Gasteiger partial charge in [-0.05, 0) is 42.0 Å². The van der Waals surface area contributed by atoms with Gasteiger partial charge in [0, 0.05) is 31.5 Å². The molecular formula is C18H23NO3. The molecule has 4 nitrogen and oxygen atoms in total. The first-order chi connectivity index (χ1) is 10.5. The number of phenols is 1. The zero-order valence-electron chi connectivity index (χ0n) is 13.2. The summed E-state index contributed by atoms with van der Waals surface area (Å²) in [5, 5.41) is 9.84. The molecule has 1 fully saturated rings. The maximum Gasteiger partial charge on any atom is 0.153 e. The van der Waals surface area contributed by atoms with Crippen LogP contribution in [0, 0.1) is 11.8 Å². The normalized spacial score (nSPS) is 25.0. The van der Waals surface area contributed by atoms with Gasteiger partial charge in [-0.2, -0.15) is 0 Å². The van der Waals surface area contributed by atoms with Gasteiger partial charge < -0.3 is 5.11 Å². The monoisotopic (exact) mass is 301 g/mol. The predicted octanol–water partition coefficient (Wildman–Crippen LogP) is 2.74. The number of hydrogen-bond donors (Lipinski definition) is 1. The summed E-state index contributed by atoms with van der Waals surface area (Å²) < 4.78 is 0. The predicted molar refractivity (Wildman–Crippen MR) is 84.1 cm³/mol. The highest BCUT2D eigenvalue weighted by molar-refractivity contribution is 5.84. The first kappa shape index (κ1) is 15.2. The number of rotatable bonds is 3. The van der Waals surface area contributed by atoms with Crippen molar-refractivity contribution < 1.29 is 14.7 Å². The van der Waals surface area contributed by atoms with Crippen LogP contribution in [0.5, 0.6) is 5.75 Å². The molecule has 4 heteroatoms. The van der Waals surface area contributed by atoms with E-state index in [2.05, 4.69) is 18.7 Å². The minimum Gasteiger partial charge on any atom is -0.507 e. The van der Waals surface area contributed by atoms with E-state index in [1.165, 1.54) is 0 Å². The molecule has 0 saturated carbocycles. The van der Waals surface area contributed by atoms with Gasteiger partial charge in [0.2, 0.25) is 0 Å². The lowest BCUT2D eigenvalue weighted by atomic mass is 9.79. The van der Waals surface area contributed by atoms with E-state index in [1.54, 1.807) is 12.1 Å². The van der Waals surface area contributed by atoms with Gasteiger partial charge in [-0.25, -0.2) is 0 Å². The fourth-order valence-electron chi connectivity index (χ4n) is 3.88. The molecule has 2 atom stereocenters. The fourth-order valence-corrected chi connectivity index (χ4v) is 3.88. The number of benzene rings is 1. The molecule has 3 rings (SSSR count). The van der Waals surface area contributed by atoms with Crippen LogP contribution in [0.25, 0.3) is 0 Å². The maximum absolute atomic E-state index is 12.5. The molecule has 0 aromatic heterocycles. The van der Waals surface area contributed by atoms with Crippen LogP contribution in [0.4, 0.5) is 0 Å². The average Bonchev–Trinajstić information content (AvgIpc) is 2.47. The summed E-state index contributed by atoms with van der Waals surface area (Å²) >= 11 is 0. The van der Waals surface area contributed by atoms with Gasteiger partial charge in [0.05, 0.1) is 5.56 Å². The minimum absolute atomic E-state index is 0.0435. The number of piperidine rings is 1. The van der Waals surface area contributed by atoms with Crippen LogP contribution in [0.1, 0.15) is 54.2 Å². The number of phenolic OH excluding ortho intramolecular Hbond substituents is 1. The molecule has 118 valence electrons. The van der Waals surface area contributed by atoms with Crippen LogP contribution in [0.3, 0.4) is 0 Å². The highest BCUT2D eigenvalue weighted by Gasteiger charge is 2.38. The maximum atomic E-state index is 12.5. The molecule has 0 radical (unpaired) electrons. The molecule has 22 heavy (non-hydrogen) atoms. The smallest absolute Gasteiger partial charge is 0.153 e. The summed E-state index contributed by atoms with van der Waals surface area (Å²) in [4.78, 5) is 25.9. The molecule has 2 aliphatic heterocycles. The molecule has 1 aromatic carbocycles. The largest absolute Gasteiger partial charge is 0.507 e. The summed E-state index contributed by atoms with van der Waals surface area (Å²) in [6, 6.07) is 3.53. The van der Waals surface area contributed by atoms with Crippen molar-refractivity contribution in [1.29, 1.82) is 0 Å². The van der Waals surface area contributed by atoms with E-state index in [9.17, 15) is 14.7 Å². The lowest BCUT2D eigenvalue weighted by molar-refractivity contribution is -0.129. The standard InChI is InChI=1S/C18H23NO3/c1-11(2)5-13-9-19-4-3-12-7-17(21)14(10-20)6-15(12)16(19)8-18(13)22/h6-7,10-11,13,16,21H,3-5,8-9H2,1-2H3. The third-order valence-electron chi connectivity index (χ3n) is 4.94. The Balaban J connectivity index is 1.89. The van der Waals surface area contributed by atoms with Crippen molar-refractivity contribution >= 4 is 12.1 Å². The molecule has 1 aromatic rings. The number of aldehydes is 1. The van der Waals surface area contributed by atoms with Crippen LogP contribution in [-0.2, 0) is 11.2 Å². The number of ketones is 1. The number of carbonyl (C=O) groups excluding carboxylic acids is 2. The second-order valence-corrected chi connectivity index (χ2v) is 6.99. The van der Waals surface area contributed by atoms with Gasteiger partial charge in [0.25, 0.3) is 0 Å². The van der Waals surface area contributed by atoms with Gasteiger partial charge in [0.1, 0.15) is 11.5 Å². The first-order valence-corrected chi connectivity index (χ1v) is 8.07. The zero-order valence-corrected chi connectivity index (χ0v) is 13.2. The highest BCUT2D eigenvalue weighted by Crippen LogP contribution is 2.40. The minimum atomic E-state index is 0.0435. The quantitative estimate of drug-likeness (QED) is 0.872. The van der Waals surface area contributed by atoms with Crippen LogP contribution in [-0.4, -0.2) is 35.2 Å². The molecule has 1 saturated heterocycles. The Morgan fingerprint density at radius 2 is 2.18 bits per heavy atom. The molecule has 0 amide bonds. The number of carbonyl (C=O) groups is 2. The van der Waals surface area contributed by atoms with Gasteiger partial charge in [-0.3, -0.25) is 14.5 Å². The molecule has 0 aliphatic carbocycles. The van der Waals surface area contributed by atoms with Crippen molar-refractivity contribution in [3.05, 3.63) is 28.8 Å². The van der Waals surface area contributed by atoms with Gasteiger partial charge >= 0.3 is 0 Å². The number of aromatic hydroxyl groups is 1. The van der Waals surface area contributed by atoms with E-state index >= 15 is 0 Å². The first-order valence-electron chi connectivity index (χ1n) is 8.07. The van der Waals surface area contributed by atoms with E-state index < -0.39 is 0 Å². The molecular weight excluding hydrogens is 278 g/mol. The Labute approximate surface area is 131 Å². The Morgan fingerprint density at radius 3 is 2.86 bits per heavy atom. The lowest BCUT2D eigenvalue weighted by Crippen LogP contribution is -2.46. The number of Topliss-reactive ketones (excluding diaryl/α,β-unsaturated/α-hetero) is 1. The van der Waals surface area contributed by atoms with Crippen molar-refractivity contribution in [2.45, 2.75) is 39.2 Å². The van der Waals surface area contributed by atoms with Gasteiger partial charge in [-0.15, -0.1) is 0 Å². The zero-order chi connectivity index (χ0) is 15.9. The molecule has 2 aliphatic rings. The molecule has 2 heterocycles. The summed E-state index contributed by atoms with van der Waals surface area (Å²) in [6.45, 7) is 6.05. The summed E-state index contributed by atoms with van der Waals surface area (Å²) in [7, 11) is 0. The second kappa shape index (κ2) is 5.84. The van der Waals surface area contributed by atoms with E-state index in [0.29, 0.717) is 30.0 Å². The molecule has 1 N–H and O–H groups in total. The van der Waals surface area contributed by atoms with Crippen LogP contribution in [0.2, 0.25) is 0 Å². The van der Waals surface area contributed by atoms with E-state index in [1.807, 2.05) is 0 Å². The topological polar surface area (TPSA) is 57.6 Å². The van der Waals surface area contributed by atoms with Gasteiger partial charge in [-0.1, -0.05) is 13.8 Å². The van der Waals surface area contributed by atoms with Crippen molar-refractivity contribution in [1.82, 2.24) is 4.90 Å². The van der Waals surface area contributed by atoms with Crippen LogP contribution >= 0.6 is 0 Å². The number of nitrogens with zero attached hydrogens (tertiary/aromatic N) is 1. The van der Waals surface area contributed by atoms with Crippen LogP contribution in [0.15, 0.2) is 12.1 Å². The summed E-state index contributed by atoms with van der Waals surface area (Å²) in [5.74, 6) is 1.05. The van der Waals surface area contributed by atoms with Gasteiger partial charge in [0.15, 0.2) is 6.29 Å². The van der Waals surface area contributed by atoms with E-state index in [-0.39, 0.29) is 17.7 Å². The molecule has 0 bridgehead atoms.